The first-order chi connectivity index (χ1) is 6.39. The van der Waals surface area contributed by atoms with Crippen molar-refractivity contribution in [2.24, 2.45) is 4.99 Å². The quantitative estimate of drug-likeness (QED) is 0.203. The summed E-state index contributed by atoms with van der Waals surface area (Å²) in [6.45, 7) is 0. The number of nitrogens with zero attached hydrogens (tertiary/aromatic N) is 3. The SMILES string of the molecule is C/N=C(\N(C)C)[N+](C)(C)C.F[B-](F)(F)F. The Labute approximate surface area is 88.1 Å². The lowest BCUT2D eigenvalue weighted by atomic mass is 10.3. The van der Waals surface area contributed by atoms with Gasteiger partial charge < -0.3 is 22.2 Å². The maximum Gasteiger partial charge on any atom is 0.673 e. The van der Waals surface area contributed by atoms with Crippen LogP contribution in [0.1, 0.15) is 0 Å². The molecule has 0 aromatic rings. The van der Waals surface area contributed by atoms with Crippen LogP contribution in [-0.2, 0) is 0 Å². The van der Waals surface area contributed by atoms with E-state index >= 15 is 0 Å². The molecule has 0 radical (unpaired) electrons. The van der Waals surface area contributed by atoms with Gasteiger partial charge >= 0.3 is 7.25 Å². The number of rotatable bonds is 0. The van der Waals surface area contributed by atoms with E-state index in [-0.39, 0.29) is 0 Å². The number of hydrogen-bond acceptors (Lipinski definition) is 1. The minimum absolute atomic E-state index is 0.767. The minimum Gasteiger partial charge on any atom is -0.418 e. The van der Waals surface area contributed by atoms with Crippen LogP contribution < -0.4 is 0 Å². The fourth-order valence-corrected chi connectivity index (χ4v) is 1.10. The molecule has 0 rings (SSSR count). The molecule has 0 bridgehead atoms. The highest BCUT2D eigenvalue weighted by Crippen LogP contribution is 2.06. The van der Waals surface area contributed by atoms with Crippen LogP contribution in [0.5, 0.6) is 0 Å². The summed E-state index contributed by atoms with van der Waals surface area (Å²) in [7, 11) is 6.13. The Morgan fingerprint density at radius 1 is 1.07 bits per heavy atom. The molecule has 0 aromatic heterocycles. The summed E-state index contributed by atoms with van der Waals surface area (Å²) in [4.78, 5) is 6.20. The first-order valence-corrected chi connectivity index (χ1v) is 4.23. The molecule has 0 amide bonds. The average molecular weight is 231 g/mol. The molecule has 15 heavy (non-hydrogen) atoms. The van der Waals surface area contributed by atoms with Gasteiger partial charge in [0.25, 0.3) is 5.96 Å². The van der Waals surface area contributed by atoms with Crippen LogP contribution in [0.2, 0.25) is 0 Å². The number of guanidine groups is 1. The van der Waals surface area contributed by atoms with Crippen LogP contribution in [0.4, 0.5) is 17.3 Å². The van der Waals surface area contributed by atoms with Crippen molar-refractivity contribution < 1.29 is 21.7 Å². The summed E-state index contributed by atoms with van der Waals surface area (Å²) in [5.74, 6) is 1.07. The van der Waals surface area contributed by atoms with Crippen molar-refractivity contribution in [1.82, 2.24) is 4.90 Å². The minimum atomic E-state index is -6.00. The van der Waals surface area contributed by atoms with Gasteiger partial charge in [-0.1, -0.05) is 0 Å². The third kappa shape index (κ3) is 13.2. The summed E-state index contributed by atoms with van der Waals surface area (Å²) in [6, 6.07) is 0. The zero-order valence-electron chi connectivity index (χ0n) is 9.93. The van der Waals surface area contributed by atoms with Crippen LogP contribution in [0.3, 0.4) is 0 Å². The fraction of sp³-hybridized carbons (Fsp3) is 0.857. The predicted octanol–water partition coefficient (Wildman–Crippen LogP) is 1.54. The van der Waals surface area contributed by atoms with E-state index in [2.05, 4.69) is 26.1 Å². The molecule has 0 spiro atoms. The molecule has 0 atom stereocenters. The summed E-state index contributed by atoms with van der Waals surface area (Å²) < 4.78 is 39.8. The largest absolute Gasteiger partial charge is 0.673 e. The second-order valence-electron chi connectivity index (χ2n) is 3.93. The highest BCUT2D eigenvalue weighted by Gasteiger charge is 2.20. The first-order valence-electron chi connectivity index (χ1n) is 4.23. The maximum atomic E-state index is 9.75. The van der Waals surface area contributed by atoms with E-state index < -0.39 is 7.25 Å². The molecule has 0 heterocycles. The average Bonchev–Trinajstić information content (AvgIpc) is 1.78. The molecule has 0 N–H and O–H groups in total. The Kier molecular flexibility index (Phi) is 6.59. The van der Waals surface area contributed by atoms with Crippen molar-refractivity contribution in [2.45, 2.75) is 0 Å². The molecule has 0 saturated heterocycles. The molecular formula is C7H18BF4N3. The van der Waals surface area contributed by atoms with E-state index in [1.165, 1.54) is 0 Å². The molecule has 3 nitrogen and oxygen atoms in total. The van der Waals surface area contributed by atoms with Crippen LogP contribution in [0.15, 0.2) is 4.99 Å². The third-order valence-corrected chi connectivity index (χ3v) is 1.20. The topological polar surface area (TPSA) is 15.6 Å². The molecule has 0 aliphatic carbocycles. The Hall–Kier alpha value is -0.785. The van der Waals surface area contributed by atoms with Gasteiger partial charge in [-0.05, 0) is 0 Å². The van der Waals surface area contributed by atoms with Gasteiger partial charge in [-0.3, -0.25) is 4.48 Å². The van der Waals surface area contributed by atoms with Gasteiger partial charge in [0.1, 0.15) is 0 Å². The fourth-order valence-electron chi connectivity index (χ4n) is 1.10. The molecule has 0 fully saturated rings. The van der Waals surface area contributed by atoms with Crippen molar-refractivity contribution in [1.29, 1.82) is 0 Å². The zero-order valence-corrected chi connectivity index (χ0v) is 9.93. The Balaban J connectivity index is 0. The normalized spacial score (nSPS) is 13.1. The van der Waals surface area contributed by atoms with E-state index in [1.54, 1.807) is 0 Å². The standard InChI is InChI=1S/C7H18N3.BF4/c1-8-7(9(2)3)10(4,5)6;2-1(3,4)5/h1-6H3;/q+1;-1/b8-7+;. The highest BCUT2D eigenvalue weighted by atomic mass is 19.5. The molecule has 0 unspecified atom stereocenters. The van der Waals surface area contributed by atoms with Gasteiger partial charge in [-0.2, -0.15) is 0 Å². The van der Waals surface area contributed by atoms with Crippen molar-refractivity contribution in [3.8, 4) is 0 Å². The molecule has 8 heteroatoms. The van der Waals surface area contributed by atoms with Crippen LogP contribution in [0, 0.1) is 0 Å². The maximum absolute atomic E-state index is 9.75. The summed E-state index contributed by atoms with van der Waals surface area (Å²) in [6.07, 6.45) is 0. The Bertz CT molecular complexity index is 201. The molecule has 0 aromatic carbocycles. The van der Waals surface area contributed by atoms with Crippen molar-refractivity contribution >= 4 is 13.2 Å². The molecular weight excluding hydrogens is 213 g/mol. The van der Waals surface area contributed by atoms with Crippen molar-refractivity contribution in [3.05, 3.63) is 0 Å². The number of quaternary nitrogens is 1. The summed E-state index contributed by atoms with van der Waals surface area (Å²) in [5, 5.41) is 0. The van der Waals surface area contributed by atoms with Crippen molar-refractivity contribution in [2.75, 3.05) is 42.3 Å². The number of halogens is 4. The van der Waals surface area contributed by atoms with Gasteiger partial charge in [0.2, 0.25) is 0 Å². The van der Waals surface area contributed by atoms with Gasteiger partial charge in [-0.25, -0.2) is 4.99 Å². The van der Waals surface area contributed by atoms with Gasteiger partial charge in [0, 0.05) is 21.1 Å². The van der Waals surface area contributed by atoms with Gasteiger partial charge in [-0.15, -0.1) is 0 Å². The Morgan fingerprint density at radius 2 is 1.33 bits per heavy atom. The van der Waals surface area contributed by atoms with E-state index in [9.17, 15) is 17.3 Å². The predicted molar refractivity (Wildman–Crippen MR) is 55.3 cm³/mol. The van der Waals surface area contributed by atoms with Gasteiger partial charge in [0.05, 0.1) is 21.1 Å². The highest BCUT2D eigenvalue weighted by molar-refractivity contribution is 6.50. The van der Waals surface area contributed by atoms with Crippen LogP contribution in [-0.4, -0.2) is 64.9 Å². The second-order valence-corrected chi connectivity index (χ2v) is 3.93. The third-order valence-electron chi connectivity index (χ3n) is 1.20. The van der Waals surface area contributed by atoms with E-state index in [1.807, 2.05) is 26.0 Å². The van der Waals surface area contributed by atoms with E-state index in [4.69, 9.17) is 0 Å². The number of hydrogen-bond donors (Lipinski definition) is 0. The number of aliphatic imine (C=N–C) groups is 1. The lowest BCUT2D eigenvalue weighted by Gasteiger charge is -2.28. The molecule has 92 valence electrons. The molecule has 0 aliphatic heterocycles. The smallest absolute Gasteiger partial charge is 0.418 e. The lowest BCUT2D eigenvalue weighted by Crippen LogP contribution is -2.48. The molecule has 0 saturated carbocycles. The van der Waals surface area contributed by atoms with E-state index in [0.717, 1.165) is 10.4 Å². The Morgan fingerprint density at radius 3 is 1.33 bits per heavy atom. The summed E-state index contributed by atoms with van der Waals surface area (Å²) >= 11 is 0. The van der Waals surface area contributed by atoms with Crippen LogP contribution in [0.25, 0.3) is 0 Å². The molecule has 0 aliphatic rings. The monoisotopic (exact) mass is 231 g/mol. The first kappa shape index (κ1) is 16.6. The van der Waals surface area contributed by atoms with Crippen molar-refractivity contribution in [3.63, 3.8) is 0 Å². The second kappa shape index (κ2) is 5.94. The summed E-state index contributed by atoms with van der Waals surface area (Å²) in [5.41, 5.74) is 0. The van der Waals surface area contributed by atoms with Crippen LogP contribution >= 0.6 is 0 Å². The zero-order chi connectivity index (χ0) is 12.9. The lowest BCUT2D eigenvalue weighted by molar-refractivity contribution is -0.782. The van der Waals surface area contributed by atoms with Gasteiger partial charge in [0.15, 0.2) is 0 Å². The van der Waals surface area contributed by atoms with E-state index in [0.29, 0.717) is 0 Å².